The van der Waals surface area contributed by atoms with Gasteiger partial charge in [0.05, 0.1) is 29.7 Å². The Hall–Kier alpha value is -1.26. The van der Waals surface area contributed by atoms with Crippen LogP contribution in [0.5, 0.6) is 0 Å². The Bertz CT molecular complexity index is 538. The Morgan fingerprint density at radius 3 is 3.10 bits per heavy atom. The van der Waals surface area contributed by atoms with Crippen molar-refractivity contribution in [3.8, 4) is 0 Å². The average molecular weight is 287 g/mol. The summed E-state index contributed by atoms with van der Waals surface area (Å²) in [6.07, 6.45) is 6.85. The molecule has 0 saturated carbocycles. The van der Waals surface area contributed by atoms with Crippen LogP contribution in [0.1, 0.15) is 55.0 Å². The lowest BCUT2D eigenvalue weighted by Crippen LogP contribution is -2.24. The molecule has 1 heterocycles. The van der Waals surface area contributed by atoms with E-state index in [-0.39, 0.29) is 0 Å². The fourth-order valence-corrected chi connectivity index (χ4v) is 3.74. The van der Waals surface area contributed by atoms with Crippen LogP contribution in [-0.2, 0) is 6.42 Å². The molecule has 0 fully saturated rings. The summed E-state index contributed by atoms with van der Waals surface area (Å²) in [5, 5.41) is 3.57. The van der Waals surface area contributed by atoms with Crippen LogP contribution in [0.2, 0.25) is 0 Å². The minimum atomic E-state index is 0.329. The second-order valence-corrected chi connectivity index (χ2v) is 6.02. The van der Waals surface area contributed by atoms with Crippen molar-refractivity contribution in [1.29, 1.82) is 0 Å². The van der Waals surface area contributed by atoms with Gasteiger partial charge in [-0.15, -0.1) is 0 Å². The first-order valence-corrected chi connectivity index (χ1v) is 8.20. The largest absolute Gasteiger partial charge is 0.309 e. The molecule has 1 aromatic heterocycles. The van der Waals surface area contributed by atoms with Gasteiger partial charge in [-0.1, -0.05) is 31.2 Å². The van der Waals surface area contributed by atoms with Crippen molar-refractivity contribution in [1.82, 2.24) is 14.1 Å². The third kappa shape index (κ3) is 2.91. The molecule has 2 atom stereocenters. The summed E-state index contributed by atoms with van der Waals surface area (Å²) < 4.78 is 8.58. The Morgan fingerprint density at radius 1 is 1.40 bits per heavy atom. The number of hydrogen-bond acceptors (Lipinski definition) is 4. The molecule has 1 N–H and O–H groups in total. The lowest BCUT2D eigenvalue weighted by molar-refractivity contribution is 0.421. The number of rotatable bonds is 5. The molecule has 20 heavy (non-hydrogen) atoms. The summed E-state index contributed by atoms with van der Waals surface area (Å²) in [6.45, 7) is 3.12. The van der Waals surface area contributed by atoms with E-state index in [1.165, 1.54) is 36.6 Å². The lowest BCUT2D eigenvalue weighted by Gasteiger charge is -2.28. The minimum Gasteiger partial charge on any atom is -0.309 e. The highest BCUT2D eigenvalue weighted by atomic mass is 32.1. The van der Waals surface area contributed by atoms with Gasteiger partial charge >= 0.3 is 0 Å². The monoisotopic (exact) mass is 287 g/mol. The van der Waals surface area contributed by atoms with Crippen LogP contribution < -0.4 is 5.32 Å². The molecule has 1 aromatic carbocycles. The van der Waals surface area contributed by atoms with Gasteiger partial charge < -0.3 is 5.32 Å². The topological polar surface area (TPSA) is 37.8 Å². The zero-order chi connectivity index (χ0) is 13.8. The first-order valence-electron chi connectivity index (χ1n) is 7.47. The van der Waals surface area contributed by atoms with E-state index in [1.54, 1.807) is 5.56 Å². The van der Waals surface area contributed by atoms with Crippen molar-refractivity contribution in [2.45, 2.75) is 44.6 Å². The summed E-state index contributed by atoms with van der Waals surface area (Å²) >= 11 is 1.30. The second-order valence-electron chi connectivity index (χ2n) is 5.47. The Morgan fingerprint density at radius 2 is 2.30 bits per heavy atom. The molecule has 3 rings (SSSR count). The van der Waals surface area contributed by atoms with Gasteiger partial charge in [0.2, 0.25) is 0 Å². The number of nitrogens with zero attached hydrogens (tertiary/aromatic N) is 2. The van der Waals surface area contributed by atoms with E-state index in [0.29, 0.717) is 12.0 Å². The summed E-state index contributed by atoms with van der Waals surface area (Å²) in [7, 11) is 0. The van der Waals surface area contributed by atoms with Crippen LogP contribution in [0.15, 0.2) is 30.5 Å². The molecule has 0 spiro atoms. The van der Waals surface area contributed by atoms with E-state index in [0.717, 1.165) is 18.7 Å². The maximum Gasteiger partial charge on any atom is 0.0912 e. The van der Waals surface area contributed by atoms with E-state index in [9.17, 15) is 0 Å². The molecule has 2 aromatic rings. The Balaban J connectivity index is 1.79. The molecule has 4 heteroatoms. The quantitative estimate of drug-likeness (QED) is 0.911. The van der Waals surface area contributed by atoms with Crippen LogP contribution in [0, 0.1) is 0 Å². The van der Waals surface area contributed by atoms with Crippen LogP contribution in [0.3, 0.4) is 0 Å². The van der Waals surface area contributed by atoms with Crippen LogP contribution >= 0.6 is 11.7 Å². The predicted octanol–water partition coefficient (Wildman–Crippen LogP) is 3.70. The molecule has 2 unspecified atom stereocenters. The highest BCUT2D eigenvalue weighted by molar-refractivity contribution is 6.99. The molecular formula is C16H21N3S. The second kappa shape index (κ2) is 6.46. The summed E-state index contributed by atoms with van der Waals surface area (Å²) in [5.74, 6) is 0.644. The molecule has 0 saturated heterocycles. The van der Waals surface area contributed by atoms with Crippen LogP contribution in [-0.4, -0.2) is 15.3 Å². The van der Waals surface area contributed by atoms with Gasteiger partial charge in [0.25, 0.3) is 0 Å². The van der Waals surface area contributed by atoms with E-state index < -0.39 is 0 Å². The van der Waals surface area contributed by atoms with Gasteiger partial charge in [-0.2, -0.15) is 8.75 Å². The van der Waals surface area contributed by atoms with Gasteiger partial charge in [0.15, 0.2) is 0 Å². The van der Waals surface area contributed by atoms with Crippen molar-refractivity contribution in [3.05, 3.63) is 47.3 Å². The van der Waals surface area contributed by atoms with Gasteiger partial charge in [-0.3, -0.25) is 0 Å². The summed E-state index contributed by atoms with van der Waals surface area (Å²) in [4.78, 5) is 0. The molecule has 0 radical (unpaired) electrons. The molecule has 106 valence electrons. The molecule has 0 aliphatic heterocycles. The maximum atomic E-state index is 4.42. The number of fused-ring (bicyclic) bond motifs is 1. The molecule has 0 amide bonds. The van der Waals surface area contributed by atoms with Crippen molar-refractivity contribution < 1.29 is 0 Å². The highest BCUT2D eigenvalue weighted by Gasteiger charge is 2.24. The first kappa shape index (κ1) is 13.7. The van der Waals surface area contributed by atoms with Crippen LogP contribution in [0.4, 0.5) is 0 Å². The SMILES string of the molecule is CCNC(CC1CCCc2ccccc21)c1cnsn1. The van der Waals surface area contributed by atoms with Crippen LogP contribution in [0.25, 0.3) is 0 Å². The van der Waals surface area contributed by atoms with E-state index in [1.807, 2.05) is 6.20 Å². The molecule has 1 aliphatic carbocycles. The highest BCUT2D eigenvalue weighted by Crippen LogP contribution is 2.37. The van der Waals surface area contributed by atoms with E-state index in [2.05, 4.69) is 45.3 Å². The molecule has 1 aliphatic rings. The lowest BCUT2D eigenvalue weighted by atomic mass is 9.79. The van der Waals surface area contributed by atoms with E-state index in [4.69, 9.17) is 0 Å². The number of aryl methyl sites for hydroxylation is 1. The Kier molecular flexibility index (Phi) is 4.43. The predicted molar refractivity (Wildman–Crippen MR) is 83.1 cm³/mol. The minimum absolute atomic E-state index is 0.329. The molecule has 3 nitrogen and oxygen atoms in total. The molecular weight excluding hydrogens is 266 g/mol. The maximum absolute atomic E-state index is 4.42. The van der Waals surface area contributed by atoms with Crippen molar-refractivity contribution in [3.63, 3.8) is 0 Å². The zero-order valence-electron chi connectivity index (χ0n) is 11.9. The third-order valence-corrected chi connectivity index (χ3v) is 4.69. The number of benzene rings is 1. The van der Waals surface area contributed by atoms with Gasteiger partial charge in [0.1, 0.15) is 0 Å². The third-order valence-electron chi connectivity index (χ3n) is 4.20. The number of aromatic nitrogens is 2. The van der Waals surface area contributed by atoms with Gasteiger partial charge in [-0.05, 0) is 49.3 Å². The fraction of sp³-hybridized carbons (Fsp3) is 0.500. The zero-order valence-corrected chi connectivity index (χ0v) is 12.7. The average Bonchev–Trinajstić information content (AvgIpc) is 3.01. The summed E-state index contributed by atoms with van der Waals surface area (Å²) in [5.41, 5.74) is 4.18. The fourth-order valence-electron chi connectivity index (χ4n) is 3.26. The summed E-state index contributed by atoms with van der Waals surface area (Å²) in [6, 6.07) is 9.25. The van der Waals surface area contributed by atoms with Crippen molar-refractivity contribution >= 4 is 11.7 Å². The van der Waals surface area contributed by atoms with E-state index >= 15 is 0 Å². The Labute approximate surface area is 124 Å². The number of nitrogens with one attached hydrogen (secondary N) is 1. The molecule has 0 bridgehead atoms. The van der Waals surface area contributed by atoms with Gasteiger partial charge in [-0.25, -0.2) is 0 Å². The van der Waals surface area contributed by atoms with Crippen molar-refractivity contribution in [2.24, 2.45) is 0 Å². The normalized spacial score (nSPS) is 19.6. The first-order chi connectivity index (χ1) is 9.88. The number of hydrogen-bond donors (Lipinski definition) is 1. The standard InChI is InChI=1S/C16H21N3S/c1-2-17-15(16-11-18-20-19-16)10-13-8-5-7-12-6-3-4-9-14(12)13/h3-4,6,9,11,13,15,17H,2,5,7-8,10H2,1H3. The smallest absolute Gasteiger partial charge is 0.0912 e. The van der Waals surface area contributed by atoms with Crippen molar-refractivity contribution in [2.75, 3.05) is 6.54 Å². The van der Waals surface area contributed by atoms with Gasteiger partial charge in [0, 0.05) is 0 Å².